The van der Waals surface area contributed by atoms with E-state index >= 15 is 0 Å². The van der Waals surface area contributed by atoms with Crippen molar-refractivity contribution in [1.29, 1.82) is 0 Å². The monoisotopic (exact) mass is 405 g/mol. The third-order valence-electron chi connectivity index (χ3n) is 5.14. The average Bonchev–Trinajstić information content (AvgIpc) is 2.73. The molecule has 4 amide bonds. The molecule has 156 valence electrons. The standard InChI is InChI=1S/C19H24FN5O4/c20-13-4-1-3-12(9-13)19(29)24-7-8-25(16(26)10-21)15(11-24)18(28)23-14-5-2-6-22-17(14)27/h1,3-4,9,14-15H,2,5-8,10-11,21H2,(H,22,27)(H,23,28). The van der Waals surface area contributed by atoms with Crippen molar-refractivity contribution in [2.75, 3.05) is 32.7 Å². The van der Waals surface area contributed by atoms with Crippen LogP contribution < -0.4 is 16.4 Å². The van der Waals surface area contributed by atoms with Crippen molar-refractivity contribution in [2.24, 2.45) is 5.73 Å². The number of benzene rings is 1. The number of nitrogens with two attached hydrogens (primary N) is 1. The lowest BCUT2D eigenvalue weighted by Gasteiger charge is -2.41. The summed E-state index contributed by atoms with van der Waals surface area (Å²) in [6.07, 6.45) is 1.23. The summed E-state index contributed by atoms with van der Waals surface area (Å²) in [5.74, 6) is -2.19. The summed E-state index contributed by atoms with van der Waals surface area (Å²) in [5.41, 5.74) is 5.63. The Bertz CT molecular complexity index is 818. The predicted molar refractivity (Wildman–Crippen MR) is 101 cm³/mol. The number of hydrogen-bond acceptors (Lipinski definition) is 5. The van der Waals surface area contributed by atoms with Crippen molar-refractivity contribution in [3.05, 3.63) is 35.6 Å². The number of piperazine rings is 1. The highest BCUT2D eigenvalue weighted by atomic mass is 19.1. The fourth-order valence-electron chi connectivity index (χ4n) is 3.59. The molecule has 4 N–H and O–H groups in total. The second-order valence-corrected chi connectivity index (χ2v) is 7.06. The molecule has 0 radical (unpaired) electrons. The Morgan fingerprint density at radius 1 is 1.28 bits per heavy atom. The summed E-state index contributed by atoms with van der Waals surface area (Å²) < 4.78 is 13.5. The first-order chi connectivity index (χ1) is 13.9. The van der Waals surface area contributed by atoms with E-state index in [1.165, 1.54) is 28.0 Å². The minimum atomic E-state index is -0.980. The van der Waals surface area contributed by atoms with E-state index in [-0.39, 0.29) is 37.6 Å². The minimum Gasteiger partial charge on any atom is -0.354 e. The first-order valence-corrected chi connectivity index (χ1v) is 9.53. The van der Waals surface area contributed by atoms with E-state index in [1.807, 2.05) is 0 Å². The molecule has 0 aliphatic carbocycles. The van der Waals surface area contributed by atoms with Crippen molar-refractivity contribution in [3.63, 3.8) is 0 Å². The molecular weight excluding hydrogens is 381 g/mol. The van der Waals surface area contributed by atoms with E-state index in [0.29, 0.717) is 13.0 Å². The van der Waals surface area contributed by atoms with Crippen molar-refractivity contribution >= 4 is 23.6 Å². The number of carbonyl (C=O) groups is 4. The first kappa shape index (κ1) is 20.7. The third kappa shape index (κ3) is 4.70. The highest BCUT2D eigenvalue weighted by Gasteiger charge is 2.38. The van der Waals surface area contributed by atoms with Gasteiger partial charge in [0.15, 0.2) is 0 Å². The molecule has 2 aliphatic rings. The topological polar surface area (TPSA) is 125 Å². The lowest BCUT2D eigenvalue weighted by molar-refractivity contribution is -0.143. The van der Waals surface area contributed by atoms with E-state index in [4.69, 9.17) is 5.73 Å². The molecule has 2 aliphatic heterocycles. The molecule has 2 saturated heterocycles. The fourth-order valence-corrected chi connectivity index (χ4v) is 3.59. The molecule has 2 fully saturated rings. The average molecular weight is 405 g/mol. The van der Waals surface area contributed by atoms with Crippen LogP contribution in [0.2, 0.25) is 0 Å². The van der Waals surface area contributed by atoms with Gasteiger partial charge in [0.2, 0.25) is 17.7 Å². The molecule has 2 atom stereocenters. The van der Waals surface area contributed by atoms with Crippen LogP contribution in [0.25, 0.3) is 0 Å². The Kier molecular flexibility index (Phi) is 6.42. The zero-order valence-corrected chi connectivity index (χ0v) is 15.9. The second kappa shape index (κ2) is 8.99. The van der Waals surface area contributed by atoms with E-state index in [0.717, 1.165) is 12.5 Å². The number of rotatable bonds is 4. The van der Waals surface area contributed by atoms with Crippen LogP contribution in [0.15, 0.2) is 24.3 Å². The van der Waals surface area contributed by atoms with Gasteiger partial charge in [-0.1, -0.05) is 6.07 Å². The van der Waals surface area contributed by atoms with Gasteiger partial charge in [0, 0.05) is 25.2 Å². The highest BCUT2D eigenvalue weighted by Crippen LogP contribution is 2.16. The van der Waals surface area contributed by atoms with Crippen molar-refractivity contribution in [2.45, 2.75) is 24.9 Å². The van der Waals surface area contributed by atoms with Gasteiger partial charge in [-0.3, -0.25) is 19.2 Å². The van der Waals surface area contributed by atoms with Crippen LogP contribution in [0.5, 0.6) is 0 Å². The lowest BCUT2D eigenvalue weighted by atomic mass is 10.0. The normalized spacial score (nSPS) is 22.1. The van der Waals surface area contributed by atoms with Gasteiger partial charge in [-0.2, -0.15) is 0 Å². The molecule has 9 nitrogen and oxygen atoms in total. The number of halogens is 1. The Morgan fingerprint density at radius 3 is 2.76 bits per heavy atom. The van der Waals surface area contributed by atoms with Crippen molar-refractivity contribution in [1.82, 2.24) is 20.4 Å². The minimum absolute atomic E-state index is 0.0682. The maximum atomic E-state index is 13.5. The molecule has 0 aromatic heterocycles. The van der Waals surface area contributed by atoms with Crippen molar-refractivity contribution in [3.8, 4) is 0 Å². The molecule has 1 aromatic rings. The SMILES string of the molecule is NCC(=O)N1CCN(C(=O)c2cccc(F)c2)CC1C(=O)NC1CCCNC1=O. The number of nitrogens with zero attached hydrogens (tertiary/aromatic N) is 2. The zero-order chi connectivity index (χ0) is 21.0. The maximum Gasteiger partial charge on any atom is 0.254 e. The number of nitrogens with one attached hydrogen (secondary N) is 2. The molecule has 3 rings (SSSR count). The molecule has 0 bridgehead atoms. The largest absolute Gasteiger partial charge is 0.354 e. The molecule has 10 heteroatoms. The van der Waals surface area contributed by atoms with Crippen LogP contribution >= 0.6 is 0 Å². The van der Waals surface area contributed by atoms with Crippen LogP contribution in [0.4, 0.5) is 4.39 Å². The molecule has 2 unspecified atom stereocenters. The van der Waals surface area contributed by atoms with Gasteiger partial charge in [0.25, 0.3) is 5.91 Å². The summed E-state index contributed by atoms with van der Waals surface area (Å²) in [6.45, 7) is 0.524. The summed E-state index contributed by atoms with van der Waals surface area (Å²) in [6, 6.07) is 3.63. The molecule has 0 spiro atoms. The summed E-state index contributed by atoms with van der Waals surface area (Å²) in [4.78, 5) is 52.5. The van der Waals surface area contributed by atoms with Crippen LogP contribution in [0.3, 0.4) is 0 Å². The lowest BCUT2D eigenvalue weighted by Crippen LogP contribution is -2.64. The van der Waals surface area contributed by atoms with E-state index in [2.05, 4.69) is 10.6 Å². The first-order valence-electron chi connectivity index (χ1n) is 9.53. The van der Waals surface area contributed by atoms with E-state index in [9.17, 15) is 23.6 Å². The molecule has 2 heterocycles. The Labute approximate surface area is 167 Å². The van der Waals surface area contributed by atoms with Crippen LogP contribution in [0.1, 0.15) is 23.2 Å². The van der Waals surface area contributed by atoms with Gasteiger partial charge >= 0.3 is 0 Å². The molecule has 0 saturated carbocycles. The molecule has 1 aromatic carbocycles. The number of piperidine rings is 1. The van der Waals surface area contributed by atoms with Gasteiger partial charge in [-0.15, -0.1) is 0 Å². The summed E-state index contributed by atoms with van der Waals surface area (Å²) >= 11 is 0. The smallest absolute Gasteiger partial charge is 0.254 e. The quantitative estimate of drug-likeness (QED) is 0.582. The van der Waals surface area contributed by atoms with Crippen LogP contribution in [-0.4, -0.2) is 78.2 Å². The third-order valence-corrected chi connectivity index (χ3v) is 5.14. The van der Waals surface area contributed by atoms with Gasteiger partial charge < -0.3 is 26.2 Å². The van der Waals surface area contributed by atoms with E-state index < -0.39 is 35.6 Å². The van der Waals surface area contributed by atoms with Gasteiger partial charge in [0.05, 0.1) is 13.1 Å². The number of hydrogen-bond donors (Lipinski definition) is 3. The Balaban J connectivity index is 1.76. The fraction of sp³-hybridized carbons (Fsp3) is 0.474. The number of amides is 4. The maximum absolute atomic E-state index is 13.5. The van der Waals surface area contributed by atoms with Gasteiger partial charge in [-0.05, 0) is 31.0 Å². The summed E-state index contributed by atoms with van der Waals surface area (Å²) in [7, 11) is 0. The zero-order valence-electron chi connectivity index (χ0n) is 15.9. The Hall–Kier alpha value is -3.01. The van der Waals surface area contributed by atoms with Gasteiger partial charge in [0.1, 0.15) is 17.9 Å². The van der Waals surface area contributed by atoms with Gasteiger partial charge in [-0.25, -0.2) is 4.39 Å². The summed E-state index contributed by atoms with van der Waals surface area (Å²) in [5, 5.41) is 5.36. The number of carbonyl (C=O) groups excluding carboxylic acids is 4. The van der Waals surface area contributed by atoms with Crippen LogP contribution in [-0.2, 0) is 14.4 Å². The second-order valence-electron chi connectivity index (χ2n) is 7.06. The molecule has 29 heavy (non-hydrogen) atoms. The van der Waals surface area contributed by atoms with Crippen molar-refractivity contribution < 1.29 is 23.6 Å². The predicted octanol–water partition coefficient (Wildman–Crippen LogP) is -1.17. The Morgan fingerprint density at radius 2 is 2.07 bits per heavy atom. The highest BCUT2D eigenvalue weighted by molar-refractivity contribution is 5.96. The van der Waals surface area contributed by atoms with E-state index in [1.54, 1.807) is 0 Å². The molecular formula is C19H24FN5O4. The van der Waals surface area contributed by atoms with Crippen LogP contribution in [0, 0.1) is 5.82 Å².